The number of phenols is 1. The van der Waals surface area contributed by atoms with Crippen molar-refractivity contribution in [2.24, 2.45) is 22.4 Å². The van der Waals surface area contributed by atoms with Gasteiger partial charge >= 0.3 is 6.01 Å². The molecule has 2 N–H and O–H groups in total. The van der Waals surface area contributed by atoms with Crippen molar-refractivity contribution in [3.63, 3.8) is 0 Å². The lowest BCUT2D eigenvalue weighted by Gasteiger charge is -2.42. The molecule has 0 amide bonds. The second-order valence-electron chi connectivity index (χ2n) is 16.4. The molecule has 13 heteroatoms. The molecule has 6 aliphatic rings. The Morgan fingerprint density at radius 1 is 1.06 bits per heavy atom. The molecular weight excluding hydrogens is 680 g/mol. The summed E-state index contributed by atoms with van der Waals surface area (Å²) >= 11 is 0. The average Bonchev–Trinajstić information content (AvgIpc) is 3.48. The first-order chi connectivity index (χ1) is 25.7. The lowest BCUT2D eigenvalue weighted by Crippen LogP contribution is -2.62. The van der Waals surface area contributed by atoms with Gasteiger partial charge in [0.15, 0.2) is 5.82 Å². The van der Waals surface area contributed by atoms with Crippen LogP contribution in [0.3, 0.4) is 0 Å². The maximum atomic E-state index is 17.3. The molecule has 0 spiro atoms. The zero-order valence-corrected chi connectivity index (χ0v) is 30.4. The first-order valence-electron chi connectivity index (χ1n) is 19.2. The highest BCUT2D eigenvalue weighted by atomic mass is 19.1. The zero-order chi connectivity index (χ0) is 36.2. The standard InChI is InChI=1S/C40H45F2N7O4/c1-4-27-29(41)7-5-21-13-26(50)14-28(31(21)27)34-33(42)35-32-37(49-17-24-6-8-30(43-24)36(49)20(2)53-38(32)44-34)46-39(45-35)52-19-40(9-10-40)18-48-15-22-11-25(47-51-3)12-23(22)16-48/h5,7,13-14,20,22-24,30,36,43,50H,4,6,8-12,15-19H2,1-3H3/t20-,22?,23?,24+,30-,36+/m0/s1. The summed E-state index contributed by atoms with van der Waals surface area (Å²) in [6.07, 6.45) is 6.22. The Kier molecular flexibility index (Phi) is 7.74. The summed E-state index contributed by atoms with van der Waals surface area (Å²) < 4.78 is 45.7. The number of rotatable bonds is 8. The number of halogens is 2. The highest BCUT2D eigenvalue weighted by Crippen LogP contribution is 2.50. The molecule has 53 heavy (non-hydrogen) atoms. The highest BCUT2D eigenvalue weighted by molar-refractivity contribution is 6.03. The van der Waals surface area contributed by atoms with Gasteiger partial charge in [0, 0.05) is 49.2 Å². The number of aryl methyl sites for hydroxylation is 1. The number of phenolic OH excluding ortho intramolecular Hbond substituents is 1. The van der Waals surface area contributed by atoms with Crippen molar-refractivity contribution in [1.82, 2.24) is 25.2 Å². The van der Waals surface area contributed by atoms with Crippen molar-refractivity contribution >= 4 is 33.2 Å². The van der Waals surface area contributed by atoms with Crippen LogP contribution in [0.1, 0.15) is 57.9 Å². The van der Waals surface area contributed by atoms with Crippen LogP contribution in [0, 0.1) is 28.9 Å². The van der Waals surface area contributed by atoms with Crippen LogP contribution in [0.4, 0.5) is 14.6 Å². The fourth-order valence-corrected chi connectivity index (χ4v) is 10.3. The van der Waals surface area contributed by atoms with Crippen molar-refractivity contribution in [3.8, 4) is 28.9 Å². The minimum Gasteiger partial charge on any atom is -0.508 e. The van der Waals surface area contributed by atoms with Crippen LogP contribution < -0.4 is 19.7 Å². The predicted molar refractivity (Wildman–Crippen MR) is 197 cm³/mol. The lowest BCUT2D eigenvalue weighted by molar-refractivity contribution is 0.154. The number of hydrogen-bond acceptors (Lipinski definition) is 11. The van der Waals surface area contributed by atoms with Gasteiger partial charge in [-0.15, -0.1) is 0 Å². The summed E-state index contributed by atoms with van der Waals surface area (Å²) in [5, 5.41) is 20.3. The first-order valence-corrected chi connectivity index (χ1v) is 19.2. The van der Waals surface area contributed by atoms with Gasteiger partial charge in [-0.3, -0.25) is 0 Å². The van der Waals surface area contributed by atoms with E-state index in [0.717, 1.165) is 58.2 Å². The molecule has 278 valence electrons. The van der Waals surface area contributed by atoms with Gasteiger partial charge in [-0.1, -0.05) is 18.1 Å². The van der Waals surface area contributed by atoms with E-state index in [0.29, 0.717) is 58.9 Å². The molecule has 2 aromatic heterocycles. The molecule has 4 aliphatic heterocycles. The van der Waals surface area contributed by atoms with Gasteiger partial charge in [-0.25, -0.2) is 13.8 Å². The monoisotopic (exact) mass is 725 g/mol. The van der Waals surface area contributed by atoms with E-state index in [4.69, 9.17) is 29.3 Å². The van der Waals surface area contributed by atoms with E-state index >= 15 is 8.78 Å². The van der Waals surface area contributed by atoms with Crippen LogP contribution in [0.25, 0.3) is 32.9 Å². The molecule has 5 fully saturated rings. The highest BCUT2D eigenvalue weighted by Gasteiger charge is 2.50. The second kappa shape index (κ2) is 12.3. The Hall–Kier alpha value is -4.36. The maximum absolute atomic E-state index is 17.3. The zero-order valence-electron chi connectivity index (χ0n) is 30.4. The summed E-state index contributed by atoms with van der Waals surface area (Å²) in [6.45, 7) is 8.05. The molecule has 10 rings (SSSR count). The van der Waals surface area contributed by atoms with Crippen LogP contribution in [0.5, 0.6) is 17.6 Å². The minimum atomic E-state index is -0.690. The fraction of sp³-hybridized carbons (Fsp3) is 0.550. The van der Waals surface area contributed by atoms with Gasteiger partial charge in [0.1, 0.15) is 47.2 Å². The molecule has 2 aromatic carbocycles. The molecule has 2 bridgehead atoms. The number of pyridine rings is 1. The molecule has 3 saturated heterocycles. The topological polar surface area (TPSA) is 117 Å². The lowest BCUT2D eigenvalue weighted by atomic mass is 9.94. The molecule has 2 saturated carbocycles. The largest absolute Gasteiger partial charge is 0.508 e. The molecule has 6 atom stereocenters. The number of anilines is 1. The number of nitrogens with zero attached hydrogens (tertiary/aromatic N) is 6. The molecule has 2 unspecified atom stereocenters. The molecular formula is C40H45F2N7O4. The number of benzene rings is 2. The van der Waals surface area contributed by atoms with E-state index in [1.54, 1.807) is 19.2 Å². The predicted octanol–water partition coefficient (Wildman–Crippen LogP) is 5.98. The van der Waals surface area contributed by atoms with Crippen molar-refractivity contribution in [1.29, 1.82) is 0 Å². The van der Waals surface area contributed by atoms with Crippen LogP contribution in [-0.4, -0.2) is 94.8 Å². The first kappa shape index (κ1) is 33.2. The van der Waals surface area contributed by atoms with E-state index in [1.165, 1.54) is 17.8 Å². The quantitative estimate of drug-likeness (QED) is 0.210. The van der Waals surface area contributed by atoms with E-state index in [9.17, 15) is 5.11 Å². The number of hydrogen-bond donors (Lipinski definition) is 2. The Morgan fingerprint density at radius 3 is 2.62 bits per heavy atom. The molecule has 11 nitrogen and oxygen atoms in total. The summed E-state index contributed by atoms with van der Waals surface area (Å²) in [5.41, 5.74) is 1.85. The van der Waals surface area contributed by atoms with Crippen LogP contribution in [0.15, 0.2) is 29.4 Å². The van der Waals surface area contributed by atoms with Crippen molar-refractivity contribution < 1.29 is 28.2 Å². The summed E-state index contributed by atoms with van der Waals surface area (Å²) in [4.78, 5) is 24.5. The Labute approximate surface area is 306 Å². The number of nitrogens with one attached hydrogen (secondary N) is 1. The molecule has 0 radical (unpaired) electrons. The number of oxime groups is 1. The minimum absolute atomic E-state index is 0.00292. The number of aromatic hydroxyl groups is 1. The SMILES string of the molecule is CCc1c(F)ccc2cc(O)cc(-c3nc4c5c(nc(OCC6(CN7CC8CC(=NOC)CC8C7)CC6)nc5c3F)N3C[C@H]5CC[C@H](N5)[C@H]3[C@H](C)O4)c12. The van der Waals surface area contributed by atoms with Crippen LogP contribution in [0.2, 0.25) is 0 Å². The Balaban J connectivity index is 1.05. The van der Waals surface area contributed by atoms with Crippen molar-refractivity contribution in [2.75, 3.05) is 44.8 Å². The number of ether oxygens (including phenoxy) is 2. The van der Waals surface area contributed by atoms with Gasteiger partial charge in [0.2, 0.25) is 5.88 Å². The van der Waals surface area contributed by atoms with E-state index < -0.39 is 11.6 Å². The smallest absolute Gasteiger partial charge is 0.319 e. The third-order valence-corrected chi connectivity index (χ3v) is 12.9. The molecule has 4 aromatic rings. The number of likely N-dealkylation sites (tertiary alicyclic amines) is 1. The van der Waals surface area contributed by atoms with Gasteiger partial charge in [0.25, 0.3) is 0 Å². The number of fused-ring (bicyclic) bond motifs is 7. The van der Waals surface area contributed by atoms with Gasteiger partial charge in [-0.2, -0.15) is 9.97 Å². The van der Waals surface area contributed by atoms with Gasteiger partial charge < -0.3 is 34.5 Å². The van der Waals surface area contributed by atoms with E-state index in [-0.39, 0.29) is 64.1 Å². The van der Waals surface area contributed by atoms with Gasteiger partial charge in [-0.05, 0) is 98.2 Å². The number of aromatic nitrogens is 3. The van der Waals surface area contributed by atoms with Crippen LogP contribution in [-0.2, 0) is 11.3 Å². The molecule has 6 heterocycles. The van der Waals surface area contributed by atoms with E-state index in [2.05, 4.69) is 20.3 Å². The van der Waals surface area contributed by atoms with Crippen molar-refractivity contribution in [2.45, 2.75) is 83.0 Å². The third kappa shape index (κ3) is 5.47. The molecule has 2 aliphatic carbocycles. The maximum Gasteiger partial charge on any atom is 0.319 e. The summed E-state index contributed by atoms with van der Waals surface area (Å²) in [5.74, 6) is 0.852. The third-order valence-electron chi connectivity index (χ3n) is 12.9. The summed E-state index contributed by atoms with van der Waals surface area (Å²) in [7, 11) is 1.62. The summed E-state index contributed by atoms with van der Waals surface area (Å²) in [6, 6.07) is 6.50. The Morgan fingerprint density at radius 2 is 1.87 bits per heavy atom. The van der Waals surface area contributed by atoms with Crippen molar-refractivity contribution in [3.05, 3.63) is 41.5 Å². The normalized spacial score (nSPS) is 28.2. The fourth-order valence-electron chi connectivity index (χ4n) is 10.3. The van der Waals surface area contributed by atoms with Gasteiger partial charge in [0.05, 0.1) is 18.4 Å². The van der Waals surface area contributed by atoms with E-state index in [1.807, 2.05) is 13.8 Å². The average molecular weight is 726 g/mol. The number of piperazine rings is 1. The second-order valence-corrected chi connectivity index (χ2v) is 16.4. The Bertz CT molecular complexity index is 2160. The van der Waals surface area contributed by atoms with Crippen LogP contribution >= 0.6 is 0 Å².